The lowest BCUT2D eigenvalue weighted by Crippen LogP contribution is -2.36. The molecule has 106 valence electrons. The van der Waals surface area contributed by atoms with Crippen molar-refractivity contribution >= 4 is 0 Å². The average Bonchev–Trinajstić information content (AvgIpc) is 2.79. The Bertz CT molecular complexity index is 234. The highest BCUT2D eigenvalue weighted by molar-refractivity contribution is 4.92. The first-order chi connectivity index (χ1) is 8.62. The Balaban J connectivity index is 1.92. The molecule has 0 aliphatic heterocycles. The zero-order chi connectivity index (χ0) is 13.0. The van der Waals surface area contributed by atoms with Gasteiger partial charge in [-0.05, 0) is 42.9 Å². The van der Waals surface area contributed by atoms with Gasteiger partial charge in [0.05, 0.1) is 6.10 Å². The first-order valence-electron chi connectivity index (χ1n) is 8.30. The SMILES string of the molecule is CC(C)CC1(C(O)CC2CCCCC2)CCCC1. The molecule has 1 atom stereocenters. The van der Waals surface area contributed by atoms with Crippen LogP contribution < -0.4 is 0 Å². The van der Waals surface area contributed by atoms with E-state index in [4.69, 9.17) is 0 Å². The van der Waals surface area contributed by atoms with Crippen LogP contribution in [-0.2, 0) is 0 Å². The van der Waals surface area contributed by atoms with Gasteiger partial charge in [-0.25, -0.2) is 0 Å². The monoisotopic (exact) mass is 252 g/mol. The molecule has 2 saturated carbocycles. The predicted octanol–water partition coefficient (Wildman–Crippen LogP) is 4.92. The normalized spacial score (nSPS) is 26.7. The molecule has 2 aliphatic carbocycles. The zero-order valence-electron chi connectivity index (χ0n) is 12.5. The maximum Gasteiger partial charge on any atom is 0.0599 e. The van der Waals surface area contributed by atoms with Crippen LogP contribution in [0, 0.1) is 17.3 Å². The number of hydrogen-bond acceptors (Lipinski definition) is 1. The van der Waals surface area contributed by atoms with Crippen LogP contribution in [0.1, 0.15) is 84.5 Å². The highest BCUT2D eigenvalue weighted by Crippen LogP contribution is 2.48. The minimum atomic E-state index is -0.0227. The second-order valence-corrected chi connectivity index (χ2v) is 7.42. The van der Waals surface area contributed by atoms with Gasteiger partial charge in [0, 0.05) is 0 Å². The summed E-state index contributed by atoms with van der Waals surface area (Å²) in [7, 11) is 0. The molecule has 0 amide bonds. The molecule has 0 spiro atoms. The predicted molar refractivity (Wildman–Crippen MR) is 77.6 cm³/mol. The minimum absolute atomic E-state index is 0.0227. The number of hydrogen-bond donors (Lipinski definition) is 1. The average molecular weight is 252 g/mol. The molecule has 0 bridgehead atoms. The standard InChI is InChI=1S/C17H32O/c1-14(2)13-17(10-6-7-11-17)16(18)12-15-8-4-3-5-9-15/h14-16,18H,3-13H2,1-2H3. The van der Waals surface area contributed by atoms with Crippen LogP contribution in [0.5, 0.6) is 0 Å². The Morgan fingerprint density at radius 1 is 1.00 bits per heavy atom. The largest absolute Gasteiger partial charge is 0.393 e. The van der Waals surface area contributed by atoms with Gasteiger partial charge in [-0.2, -0.15) is 0 Å². The molecule has 18 heavy (non-hydrogen) atoms. The van der Waals surface area contributed by atoms with Crippen molar-refractivity contribution in [3.63, 3.8) is 0 Å². The van der Waals surface area contributed by atoms with Crippen molar-refractivity contribution in [2.75, 3.05) is 0 Å². The molecule has 0 saturated heterocycles. The van der Waals surface area contributed by atoms with E-state index in [1.54, 1.807) is 0 Å². The fourth-order valence-electron chi connectivity index (χ4n) is 4.55. The molecule has 1 heteroatoms. The lowest BCUT2D eigenvalue weighted by atomic mass is 9.70. The molecule has 2 fully saturated rings. The number of aliphatic hydroxyl groups excluding tert-OH is 1. The van der Waals surface area contributed by atoms with E-state index in [0.717, 1.165) is 18.3 Å². The van der Waals surface area contributed by atoms with Gasteiger partial charge in [0.2, 0.25) is 0 Å². The van der Waals surface area contributed by atoms with Gasteiger partial charge in [0.15, 0.2) is 0 Å². The van der Waals surface area contributed by atoms with Crippen LogP contribution in [0.15, 0.2) is 0 Å². The fourth-order valence-corrected chi connectivity index (χ4v) is 4.55. The lowest BCUT2D eigenvalue weighted by molar-refractivity contribution is -0.00741. The Hall–Kier alpha value is -0.0400. The van der Waals surface area contributed by atoms with E-state index in [1.165, 1.54) is 64.2 Å². The van der Waals surface area contributed by atoms with E-state index in [1.807, 2.05) is 0 Å². The molecule has 0 radical (unpaired) electrons. The van der Waals surface area contributed by atoms with Gasteiger partial charge < -0.3 is 5.11 Å². The molecular formula is C17H32O. The van der Waals surface area contributed by atoms with E-state index < -0.39 is 0 Å². The summed E-state index contributed by atoms with van der Waals surface area (Å²) in [6.45, 7) is 4.63. The molecular weight excluding hydrogens is 220 g/mol. The Kier molecular flexibility index (Phi) is 5.12. The van der Waals surface area contributed by atoms with Crippen LogP contribution in [0.25, 0.3) is 0 Å². The van der Waals surface area contributed by atoms with Crippen LogP contribution in [0.3, 0.4) is 0 Å². The van der Waals surface area contributed by atoms with Crippen molar-refractivity contribution in [2.45, 2.75) is 90.6 Å². The van der Waals surface area contributed by atoms with E-state index >= 15 is 0 Å². The summed E-state index contributed by atoms with van der Waals surface area (Å²) in [4.78, 5) is 0. The van der Waals surface area contributed by atoms with Gasteiger partial charge in [0.25, 0.3) is 0 Å². The van der Waals surface area contributed by atoms with Gasteiger partial charge in [0.1, 0.15) is 0 Å². The lowest BCUT2D eigenvalue weighted by Gasteiger charge is -2.38. The Labute approximate surface area is 113 Å². The maximum absolute atomic E-state index is 10.8. The van der Waals surface area contributed by atoms with Crippen LogP contribution in [-0.4, -0.2) is 11.2 Å². The molecule has 1 unspecified atom stereocenters. The summed E-state index contributed by atoms with van der Waals surface area (Å²) < 4.78 is 0. The van der Waals surface area contributed by atoms with Gasteiger partial charge in [-0.15, -0.1) is 0 Å². The summed E-state index contributed by atoms with van der Waals surface area (Å²) in [5, 5.41) is 10.8. The zero-order valence-corrected chi connectivity index (χ0v) is 12.5. The summed E-state index contributed by atoms with van der Waals surface area (Å²) in [5.74, 6) is 1.54. The fraction of sp³-hybridized carbons (Fsp3) is 1.00. The topological polar surface area (TPSA) is 20.2 Å². The summed E-state index contributed by atoms with van der Waals surface area (Å²) in [6, 6.07) is 0. The summed E-state index contributed by atoms with van der Waals surface area (Å²) in [6.07, 6.45) is 14.5. The molecule has 0 aromatic rings. The van der Waals surface area contributed by atoms with Crippen molar-refractivity contribution in [1.82, 2.24) is 0 Å². The minimum Gasteiger partial charge on any atom is -0.393 e. The molecule has 0 aromatic heterocycles. The molecule has 2 rings (SSSR count). The van der Waals surface area contributed by atoms with Crippen LogP contribution in [0.2, 0.25) is 0 Å². The third-order valence-corrected chi connectivity index (χ3v) is 5.40. The van der Waals surface area contributed by atoms with Crippen molar-refractivity contribution in [1.29, 1.82) is 0 Å². The maximum atomic E-state index is 10.8. The van der Waals surface area contributed by atoms with Crippen molar-refractivity contribution in [3.05, 3.63) is 0 Å². The van der Waals surface area contributed by atoms with E-state index in [-0.39, 0.29) is 11.5 Å². The summed E-state index contributed by atoms with van der Waals surface area (Å²) in [5.41, 5.74) is 0.283. The summed E-state index contributed by atoms with van der Waals surface area (Å²) >= 11 is 0. The van der Waals surface area contributed by atoms with Crippen LogP contribution in [0.4, 0.5) is 0 Å². The van der Waals surface area contributed by atoms with E-state index in [9.17, 15) is 5.11 Å². The third kappa shape index (κ3) is 3.50. The van der Waals surface area contributed by atoms with Crippen molar-refractivity contribution in [2.24, 2.45) is 17.3 Å². The first kappa shape index (κ1) is 14.4. The van der Waals surface area contributed by atoms with Crippen molar-refractivity contribution < 1.29 is 5.11 Å². The van der Waals surface area contributed by atoms with Crippen molar-refractivity contribution in [3.8, 4) is 0 Å². The first-order valence-corrected chi connectivity index (χ1v) is 8.30. The smallest absolute Gasteiger partial charge is 0.0599 e. The van der Waals surface area contributed by atoms with E-state index in [0.29, 0.717) is 0 Å². The number of aliphatic hydroxyl groups is 1. The highest BCUT2D eigenvalue weighted by Gasteiger charge is 2.41. The molecule has 0 heterocycles. The molecule has 0 aromatic carbocycles. The quantitative estimate of drug-likeness (QED) is 0.736. The Morgan fingerprint density at radius 3 is 2.17 bits per heavy atom. The molecule has 2 aliphatic rings. The highest BCUT2D eigenvalue weighted by atomic mass is 16.3. The molecule has 1 N–H and O–H groups in total. The van der Waals surface area contributed by atoms with Gasteiger partial charge in [-0.3, -0.25) is 0 Å². The van der Waals surface area contributed by atoms with Gasteiger partial charge >= 0.3 is 0 Å². The Morgan fingerprint density at radius 2 is 1.61 bits per heavy atom. The third-order valence-electron chi connectivity index (χ3n) is 5.40. The molecule has 1 nitrogen and oxygen atoms in total. The van der Waals surface area contributed by atoms with Crippen LogP contribution >= 0.6 is 0 Å². The second-order valence-electron chi connectivity index (χ2n) is 7.42. The second kappa shape index (κ2) is 6.41. The van der Waals surface area contributed by atoms with E-state index in [2.05, 4.69) is 13.8 Å². The van der Waals surface area contributed by atoms with Gasteiger partial charge in [-0.1, -0.05) is 58.8 Å². The number of rotatable bonds is 5.